The largest absolute Gasteiger partial charge is 0.384 e. The number of benzene rings is 1. The van der Waals surface area contributed by atoms with Gasteiger partial charge in [-0.3, -0.25) is 5.10 Å². The van der Waals surface area contributed by atoms with Crippen LogP contribution >= 0.6 is 0 Å². The van der Waals surface area contributed by atoms with E-state index in [4.69, 9.17) is 11.5 Å². The molecule has 0 aliphatic rings. The van der Waals surface area contributed by atoms with Crippen LogP contribution in [0.1, 0.15) is 31.9 Å². The van der Waals surface area contributed by atoms with Gasteiger partial charge in [-0.2, -0.15) is 10.4 Å². The highest BCUT2D eigenvalue weighted by molar-refractivity contribution is 5.96. The number of pyridine rings is 1. The first-order valence-electron chi connectivity index (χ1n) is 7.75. The lowest BCUT2D eigenvalue weighted by Crippen LogP contribution is -1.99. The van der Waals surface area contributed by atoms with Crippen molar-refractivity contribution < 1.29 is 0 Å². The number of nitrogens with one attached hydrogen (secondary N) is 1. The minimum Gasteiger partial charge on any atom is -0.384 e. The standard InChI is InChI=1S/C19H18N6/c1-19(2,3)5-4-11-6-12(7-15-17(11)24-25-18(15)22)14-8-16(21)23-10-13(14)9-20/h6-8,10H,1-3H3,(H2,21,23)(H3,22,24,25). The maximum absolute atomic E-state index is 9.38. The van der Waals surface area contributed by atoms with Gasteiger partial charge in [-0.05, 0) is 44.5 Å². The van der Waals surface area contributed by atoms with E-state index in [1.54, 1.807) is 6.07 Å². The minimum atomic E-state index is -0.146. The van der Waals surface area contributed by atoms with Gasteiger partial charge in [-0.25, -0.2) is 4.98 Å². The van der Waals surface area contributed by atoms with Crippen LogP contribution in [-0.2, 0) is 0 Å². The fourth-order valence-corrected chi connectivity index (χ4v) is 2.45. The molecular formula is C19H18N6. The van der Waals surface area contributed by atoms with Crippen LogP contribution in [0.3, 0.4) is 0 Å². The molecule has 0 fully saturated rings. The van der Waals surface area contributed by atoms with E-state index in [1.807, 2.05) is 32.9 Å². The Morgan fingerprint density at radius 1 is 1.12 bits per heavy atom. The van der Waals surface area contributed by atoms with Gasteiger partial charge < -0.3 is 11.5 Å². The van der Waals surface area contributed by atoms with Crippen LogP contribution in [-0.4, -0.2) is 15.2 Å². The van der Waals surface area contributed by atoms with Gasteiger partial charge in [0.25, 0.3) is 0 Å². The molecule has 25 heavy (non-hydrogen) atoms. The van der Waals surface area contributed by atoms with Gasteiger partial charge in [0.1, 0.15) is 11.9 Å². The smallest absolute Gasteiger partial charge is 0.153 e. The van der Waals surface area contributed by atoms with Crippen LogP contribution in [0.15, 0.2) is 24.4 Å². The Hall–Kier alpha value is -3.51. The molecule has 3 rings (SSSR count). The van der Waals surface area contributed by atoms with Gasteiger partial charge in [-0.15, -0.1) is 0 Å². The van der Waals surface area contributed by atoms with Gasteiger partial charge >= 0.3 is 0 Å². The number of nitrogen functional groups attached to an aromatic ring is 2. The highest BCUT2D eigenvalue weighted by Gasteiger charge is 2.13. The maximum atomic E-state index is 9.38. The van der Waals surface area contributed by atoms with Crippen LogP contribution in [0.2, 0.25) is 0 Å². The molecule has 0 atom stereocenters. The summed E-state index contributed by atoms with van der Waals surface area (Å²) in [5.41, 5.74) is 15.1. The average Bonchev–Trinajstić information content (AvgIpc) is 2.93. The van der Waals surface area contributed by atoms with Gasteiger partial charge in [0.2, 0.25) is 0 Å². The molecule has 0 aliphatic heterocycles. The van der Waals surface area contributed by atoms with E-state index in [0.717, 1.165) is 22.0 Å². The first-order chi connectivity index (χ1) is 11.8. The zero-order valence-corrected chi connectivity index (χ0v) is 14.3. The van der Waals surface area contributed by atoms with Crippen LogP contribution in [0, 0.1) is 28.6 Å². The van der Waals surface area contributed by atoms with Crippen molar-refractivity contribution in [1.29, 1.82) is 5.26 Å². The zero-order chi connectivity index (χ0) is 18.2. The molecule has 124 valence electrons. The van der Waals surface area contributed by atoms with Crippen LogP contribution in [0.25, 0.3) is 22.0 Å². The summed E-state index contributed by atoms with van der Waals surface area (Å²) < 4.78 is 0. The third kappa shape index (κ3) is 3.24. The van der Waals surface area contributed by atoms with E-state index >= 15 is 0 Å². The van der Waals surface area contributed by atoms with Gasteiger partial charge in [0.15, 0.2) is 5.82 Å². The average molecular weight is 330 g/mol. The third-order valence-corrected chi connectivity index (χ3v) is 3.63. The summed E-state index contributed by atoms with van der Waals surface area (Å²) in [4.78, 5) is 3.98. The topological polar surface area (TPSA) is 117 Å². The van der Waals surface area contributed by atoms with Gasteiger partial charge in [0, 0.05) is 22.6 Å². The summed E-state index contributed by atoms with van der Waals surface area (Å²) >= 11 is 0. The summed E-state index contributed by atoms with van der Waals surface area (Å²) in [7, 11) is 0. The van der Waals surface area contributed by atoms with E-state index in [-0.39, 0.29) is 5.41 Å². The van der Waals surface area contributed by atoms with Crippen molar-refractivity contribution >= 4 is 22.5 Å². The number of aromatic nitrogens is 3. The summed E-state index contributed by atoms with van der Waals surface area (Å²) in [6, 6.07) is 7.61. The van der Waals surface area contributed by atoms with Crippen molar-refractivity contribution in [2.24, 2.45) is 5.41 Å². The second-order valence-corrected chi connectivity index (χ2v) is 6.82. The molecule has 2 heterocycles. The van der Waals surface area contributed by atoms with Crippen molar-refractivity contribution in [2.75, 3.05) is 11.5 Å². The number of nitrogens with two attached hydrogens (primary N) is 2. The number of nitriles is 1. The van der Waals surface area contributed by atoms with Gasteiger partial charge in [0.05, 0.1) is 16.6 Å². The lowest BCUT2D eigenvalue weighted by atomic mass is 9.95. The predicted octanol–water partition coefficient (Wildman–Crippen LogP) is 3.06. The quantitative estimate of drug-likeness (QED) is 0.593. The Balaban J connectivity index is 2.31. The van der Waals surface area contributed by atoms with Gasteiger partial charge in [-0.1, -0.05) is 11.8 Å². The second-order valence-electron chi connectivity index (χ2n) is 6.82. The summed E-state index contributed by atoms with van der Waals surface area (Å²) in [6.45, 7) is 6.12. The lowest BCUT2D eigenvalue weighted by molar-refractivity contribution is 0.571. The number of fused-ring (bicyclic) bond motifs is 1. The molecule has 0 amide bonds. The Kier molecular flexibility index (Phi) is 3.82. The number of H-pyrrole nitrogens is 1. The highest BCUT2D eigenvalue weighted by atomic mass is 15.1. The van der Waals surface area contributed by atoms with E-state index in [9.17, 15) is 5.26 Å². The monoisotopic (exact) mass is 330 g/mol. The first-order valence-corrected chi connectivity index (χ1v) is 7.75. The van der Waals surface area contributed by atoms with Crippen molar-refractivity contribution in [1.82, 2.24) is 15.2 Å². The Morgan fingerprint density at radius 3 is 2.56 bits per heavy atom. The molecule has 6 nitrogen and oxygen atoms in total. The van der Waals surface area contributed by atoms with E-state index in [2.05, 4.69) is 33.1 Å². The molecule has 0 saturated heterocycles. The number of aromatic amines is 1. The number of hydrogen-bond donors (Lipinski definition) is 3. The summed E-state index contributed by atoms with van der Waals surface area (Å²) in [6.07, 6.45) is 1.47. The number of hydrogen-bond acceptors (Lipinski definition) is 5. The fourth-order valence-electron chi connectivity index (χ4n) is 2.45. The normalized spacial score (nSPS) is 11.0. The molecule has 1 aromatic carbocycles. The van der Waals surface area contributed by atoms with Crippen LogP contribution in [0.4, 0.5) is 11.6 Å². The van der Waals surface area contributed by atoms with Crippen molar-refractivity contribution in [3.63, 3.8) is 0 Å². The summed E-state index contributed by atoms with van der Waals surface area (Å²) in [5, 5.41) is 17.1. The zero-order valence-electron chi connectivity index (χ0n) is 14.3. The minimum absolute atomic E-state index is 0.146. The molecule has 5 N–H and O–H groups in total. The fraction of sp³-hybridized carbons (Fsp3) is 0.211. The molecule has 3 aromatic rings. The van der Waals surface area contributed by atoms with Crippen LogP contribution < -0.4 is 11.5 Å². The lowest BCUT2D eigenvalue weighted by Gasteiger charge is -2.09. The van der Waals surface area contributed by atoms with Crippen molar-refractivity contribution in [3.8, 4) is 29.0 Å². The Bertz CT molecular complexity index is 1070. The molecule has 0 aliphatic carbocycles. The molecule has 0 saturated carbocycles. The first kappa shape index (κ1) is 16.4. The number of anilines is 2. The van der Waals surface area contributed by atoms with E-state index < -0.39 is 0 Å². The van der Waals surface area contributed by atoms with E-state index in [1.165, 1.54) is 6.20 Å². The molecule has 6 heteroatoms. The molecule has 0 bridgehead atoms. The molecule has 2 aromatic heterocycles. The second kappa shape index (κ2) is 5.85. The maximum Gasteiger partial charge on any atom is 0.153 e. The highest BCUT2D eigenvalue weighted by Crippen LogP contribution is 2.31. The SMILES string of the molecule is CC(C)(C)C#Cc1cc(-c2cc(N)ncc2C#N)cc2c(N)n[nH]c12. The van der Waals surface area contributed by atoms with Crippen molar-refractivity contribution in [2.45, 2.75) is 20.8 Å². The molecule has 0 spiro atoms. The molecule has 0 radical (unpaired) electrons. The summed E-state index contributed by atoms with van der Waals surface area (Å²) in [5.74, 6) is 7.14. The third-order valence-electron chi connectivity index (χ3n) is 3.63. The predicted molar refractivity (Wildman–Crippen MR) is 99.2 cm³/mol. The van der Waals surface area contributed by atoms with Crippen LogP contribution in [0.5, 0.6) is 0 Å². The number of nitrogens with zero attached hydrogens (tertiary/aromatic N) is 3. The van der Waals surface area contributed by atoms with E-state index in [0.29, 0.717) is 22.8 Å². The molecule has 0 unspecified atom stereocenters. The Labute approximate surface area is 145 Å². The van der Waals surface area contributed by atoms with Crippen molar-refractivity contribution in [3.05, 3.63) is 35.5 Å². The Morgan fingerprint density at radius 2 is 1.88 bits per heavy atom. The number of rotatable bonds is 1. The molecular weight excluding hydrogens is 312 g/mol.